The number of methoxy groups -OCH3 is 1. The van der Waals surface area contributed by atoms with E-state index in [4.69, 9.17) is 8.48 Å². The summed E-state index contributed by atoms with van der Waals surface area (Å²) in [7, 11) is 1.16. The van der Waals surface area contributed by atoms with Gasteiger partial charge in [0.2, 0.25) is 0 Å². The number of hydrogen-bond acceptors (Lipinski definition) is 3. The molecule has 10 heavy (non-hydrogen) atoms. The second-order valence-corrected chi connectivity index (χ2v) is 2.36. The van der Waals surface area contributed by atoms with E-state index in [-0.39, 0.29) is 5.92 Å². The van der Waals surface area contributed by atoms with Crippen LogP contribution in [0.2, 0.25) is 0 Å². The van der Waals surface area contributed by atoms with E-state index >= 15 is 0 Å². The Balaban J connectivity index is 4.48. The molecule has 0 spiro atoms. The molecule has 0 aromatic heterocycles. The van der Waals surface area contributed by atoms with Crippen molar-refractivity contribution in [2.24, 2.45) is 11.7 Å². The third-order valence-corrected chi connectivity index (χ3v) is 0.934. The van der Waals surface area contributed by atoms with Crippen LogP contribution in [0.25, 0.3) is 0 Å². The van der Waals surface area contributed by atoms with E-state index in [1.807, 2.05) is 0 Å². The van der Waals surface area contributed by atoms with E-state index in [9.17, 15) is 4.79 Å². The van der Waals surface area contributed by atoms with Crippen molar-refractivity contribution < 1.29 is 12.3 Å². The van der Waals surface area contributed by atoms with E-state index in [0.29, 0.717) is 0 Å². The summed E-state index contributed by atoms with van der Waals surface area (Å²) in [6.45, 7) is 3.47. The third-order valence-electron chi connectivity index (χ3n) is 0.934. The number of carbonyl (C=O) groups is 1. The summed E-state index contributed by atoms with van der Waals surface area (Å²) < 4.78 is 19.1. The smallest absolute Gasteiger partial charge is 0.322 e. The van der Waals surface area contributed by atoms with Crippen LogP contribution in [-0.4, -0.2) is 19.1 Å². The minimum absolute atomic E-state index is 0.147. The second-order valence-electron chi connectivity index (χ2n) is 2.36. The highest BCUT2D eigenvalue weighted by molar-refractivity contribution is 5.75. The van der Waals surface area contributed by atoms with Crippen molar-refractivity contribution in [3.05, 3.63) is 0 Å². The molecule has 0 aliphatic heterocycles. The third kappa shape index (κ3) is 3.45. The minimum Gasteiger partial charge on any atom is -0.468 e. The van der Waals surface area contributed by atoms with E-state index in [0.717, 1.165) is 7.11 Å². The molecular weight excluding hydrogens is 130 g/mol. The van der Waals surface area contributed by atoms with Crippen molar-refractivity contribution in [2.75, 3.05) is 7.11 Å². The average molecular weight is 147 g/mol. The Morgan fingerprint density at radius 3 is 2.70 bits per heavy atom. The highest BCUT2D eigenvalue weighted by atomic mass is 16.5. The molecule has 60 valence electrons. The van der Waals surface area contributed by atoms with Gasteiger partial charge in [-0.25, -0.2) is 0 Å². The molecule has 3 heteroatoms. The van der Waals surface area contributed by atoms with Crippen LogP contribution in [0.5, 0.6) is 0 Å². The SMILES string of the molecule is [2H][C@H](C(C)C)[C@@]([2H])(N)C(=O)OC. The molecule has 0 aromatic rings. The lowest BCUT2D eigenvalue weighted by molar-refractivity contribution is -0.142. The lowest BCUT2D eigenvalue weighted by Crippen LogP contribution is -2.32. The molecule has 0 bridgehead atoms. The highest BCUT2D eigenvalue weighted by Gasteiger charge is 2.14. The highest BCUT2D eigenvalue weighted by Crippen LogP contribution is 2.02. The van der Waals surface area contributed by atoms with Crippen LogP contribution in [0.1, 0.15) is 23.0 Å². The summed E-state index contributed by atoms with van der Waals surface area (Å²) in [5.41, 5.74) is 5.32. The van der Waals surface area contributed by atoms with Crippen LogP contribution in [-0.2, 0) is 9.53 Å². The minimum atomic E-state index is -1.96. The Bertz CT molecular complexity index is 171. The Morgan fingerprint density at radius 1 is 1.90 bits per heavy atom. The maximum atomic E-state index is 10.9. The molecule has 0 fully saturated rings. The molecule has 0 unspecified atom stereocenters. The van der Waals surface area contributed by atoms with E-state index < -0.39 is 18.4 Å². The number of nitrogens with two attached hydrogens (primary N) is 1. The van der Waals surface area contributed by atoms with Gasteiger partial charge in [0.25, 0.3) is 0 Å². The van der Waals surface area contributed by atoms with Crippen LogP contribution >= 0.6 is 0 Å². The molecule has 0 aliphatic rings. The summed E-state index contributed by atoms with van der Waals surface area (Å²) >= 11 is 0. The quantitative estimate of drug-likeness (QED) is 0.592. The van der Waals surface area contributed by atoms with Crippen LogP contribution in [0, 0.1) is 5.92 Å². The van der Waals surface area contributed by atoms with Crippen molar-refractivity contribution in [3.63, 3.8) is 0 Å². The normalized spacial score (nSPS) is 22.5. The number of hydrogen-bond donors (Lipinski definition) is 1. The van der Waals surface area contributed by atoms with Crippen LogP contribution in [0.4, 0.5) is 0 Å². The maximum Gasteiger partial charge on any atom is 0.322 e. The molecule has 0 heterocycles. The number of ether oxygens (including phenoxy) is 1. The molecule has 0 rings (SSSR count). The lowest BCUT2D eigenvalue weighted by atomic mass is 10.1. The van der Waals surface area contributed by atoms with Crippen LogP contribution in [0.3, 0.4) is 0 Å². The van der Waals surface area contributed by atoms with E-state index in [1.165, 1.54) is 0 Å². The van der Waals surface area contributed by atoms with Gasteiger partial charge in [0.05, 0.1) is 8.48 Å². The lowest BCUT2D eigenvalue weighted by Gasteiger charge is -2.10. The molecule has 0 aliphatic carbocycles. The zero-order chi connectivity index (χ0) is 9.94. The number of esters is 1. The first-order valence-corrected chi connectivity index (χ1v) is 3.13. The van der Waals surface area contributed by atoms with Gasteiger partial charge in [0.1, 0.15) is 6.02 Å². The van der Waals surface area contributed by atoms with Gasteiger partial charge >= 0.3 is 5.97 Å². The van der Waals surface area contributed by atoms with E-state index in [2.05, 4.69) is 4.74 Å². The fourth-order valence-electron chi connectivity index (χ4n) is 0.545. The van der Waals surface area contributed by atoms with Gasteiger partial charge in [0.15, 0.2) is 0 Å². The second kappa shape index (κ2) is 4.28. The molecule has 2 atom stereocenters. The fraction of sp³-hybridized carbons (Fsp3) is 0.857. The zero-order valence-corrected chi connectivity index (χ0v) is 6.55. The van der Waals surface area contributed by atoms with Gasteiger partial charge in [-0.15, -0.1) is 0 Å². The summed E-state index contributed by atoms with van der Waals surface area (Å²) in [5, 5.41) is 0. The Labute approximate surface area is 64.4 Å². The van der Waals surface area contributed by atoms with Gasteiger partial charge in [-0.1, -0.05) is 13.8 Å². The van der Waals surface area contributed by atoms with Gasteiger partial charge < -0.3 is 10.5 Å². The molecule has 0 radical (unpaired) electrons. The monoisotopic (exact) mass is 147 g/mol. The van der Waals surface area contributed by atoms with Gasteiger partial charge in [-0.2, -0.15) is 0 Å². The maximum absolute atomic E-state index is 10.9. The Kier molecular flexibility index (Phi) is 2.64. The molecule has 0 aromatic carbocycles. The Morgan fingerprint density at radius 2 is 2.40 bits per heavy atom. The molecule has 3 nitrogen and oxygen atoms in total. The van der Waals surface area contributed by atoms with Crippen LogP contribution < -0.4 is 5.73 Å². The molecule has 0 saturated heterocycles. The van der Waals surface area contributed by atoms with Crippen molar-refractivity contribution in [1.29, 1.82) is 0 Å². The largest absolute Gasteiger partial charge is 0.468 e. The summed E-state index contributed by atoms with van der Waals surface area (Å²) in [5.74, 6) is -1.01. The van der Waals surface area contributed by atoms with Crippen molar-refractivity contribution in [2.45, 2.75) is 26.3 Å². The predicted octanol–water partition coefficient (Wildman–Crippen LogP) is 0.533. The first-order valence-electron chi connectivity index (χ1n) is 4.21. The summed E-state index contributed by atoms with van der Waals surface area (Å²) in [6, 6.07) is -1.96. The first-order chi connectivity index (χ1) is 5.34. The van der Waals surface area contributed by atoms with E-state index in [1.54, 1.807) is 13.8 Å². The van der Waals surface area contributed by atoms with Gasteiger partial charge in [0, 0.05) is 1.37 Å². The summed E-state index contributed by atoms with van der Waals surface area (Å²) in [4.78, 5) is 10.9. The van der Waals surface area contributed by atoms with Gasteiger partial charge in [-0.3, -0.25) is 4.79 Å². The number of carbonyl (C=O) groups excluding carboxylic acids is 1. The predicted molar refractivity (Wildman–Crippen MR) is 39.4 cm³/mol. The van der Waals surface area contributed by atoms with Crippen molar-refractivity contribution >= 4 is 5.97 Å². The Hall–Kier alpha value is -0.570. The summed E-state index contributed by atoms with van der Waals surface area (Å²) in [6.07, 6.45) is -0.968. The average Bonchev–Trinajstić information content (AvgIpc) is 2.01. The number of rotatable bonds is 3. The topological polar surface area (TPSA) is 52.3 Å². The zero-order valence-electron chi connectivity index (χ0n) is 8.55. The van der Waals surface area contributed by atoms with Crippen LogP contribution in [0.15, 0.2) is 0 Å². The first kappa shape index (κ1) is 6.16. The molecule has 0 saturated carbocycles. The fourth-order valence-corrected chi connectivity index (χ4v) is 0.545. The van der Waals surface area contributed by atoms with Crippen molar-refractivity contribution in [3.8, 4) is 0 Å². The molecule has 0 amide bonds. The standard InChI is InChI=1S/C7H15NO2/c1-5(2)4-6(8)7(9)10-3/h5-6H,4,8H2,1-3H3/t6-/m1/s1/i4D,6D/t4-,6-. The van der Waals surface area contributed by atoms with Gasteiger partial charge in [-0.05, 0) is 12.3 Å². The molecule has 2 N–H and O–H groups in total. The van der Waals surface area contributed by atoms with Crippen molar-refractivity contribution in [1.82, 2.24) is 0 Å². The molecular formula is C7H15NO2.